The molecule has 3 aromatic rings. The normalized spacial score (nSPS) is 15.6. The summed E-state index contributed by atoms with van der Waals surface area (Å²) in [5.74, 6) is -0.0368. The number of aromatic nitrogens is 1. The van der Waals surface area contributed by atoms with Crippen molar-refractivity contribution in [2.45, 2.75) is 44.6 Å². The van der Waals surface area contributed by atoms with Crippen molar-refractivity contribution >= 4 is 44.2 Å². The molecule has 1 aliphatic rings. The second-order valence-corrected chi connectivity index (χ2v) is 9.75. The van der Waals surface area contributed by atoms with Gasteiger partial charge in [0, 0.05) is 22.3 Å². The van der Waals surface area contributed by atoms with Crippen LogP contribution in [0.5, 0.6) is 0 Å². The maximum atomic E-state index is 13.2. The highest BCUT2D eigenvalue weighted by atomic mass is 79.9. The number of hydrogen-bond donors (Lipinski definition) is 2. The molecule has 1 fully saturated rings. The van der Waals surface area contributed by atoms with Gasteiger partial charge in [0.2, 0.25) is 11.8 Å². The van der Waals surface area contributed by atoms with Crippen LogP contribution in [0.15, 0.2) is 58.4 Å². The number of nitrogens with one attached hydrogen (secondary N) is 2. The molecule has 1 unspecified atom stereocenters. The van der Waals surface area contributed by atoms with Gasteiger partial charge in [-0.2, -0.15) is 0 Å². The van der Waals surface area contributed by atoms with Crippen molar-refractivity contribution in [3.05, 3.63) is 69.5 Å². The number of thiazole rings is 1. The lowest BCUT2D eigenvalue weighted by molar-refractivity contribution is -0.124. The lowest BCUT2D eigenvalue weighted by atomic mass is 9.64. The van der Waals surface area contributed by atoms with Gasteiger partial charge in [-0.05, 0) is 43.0 Å². The minimum atomic E-state index is -0.464. The van der Waals surface area contributed by atoms with Gasteiger partial charge in [-0.25, -0.2) is 4.98 Å². The third kappa shape index (κ3) is 4.57. The summed E-state index contributed by atoms with van der Waals surface area (Å²) >= 11 is 4.90. The zero-order valence-electron chi connectivity index (χ0n) is 17.4. The summed E-state index contributed by atoms with van der Waals surface area (Å²) in [6.07, 6.45) is 2.76. The highest BCUT2D eigenvalue weighted by molar-refractivity contribution is 9.10. The van der Waals surface area contributed by atoms with Gasteiger partial charge in [0.05, 0.1) is 17.2 Å². The van der Waals surface area contributed by atoms with Crippen LogP contribution < -0.4 is 10.6 Å². The molecule has 0 aliphatic heterocycles. The Hall–Kier alpha value is -2.51. The number of carbonyl (C=O) groups excluding carboxylic acids is 2. The first-order chi connectivity index (χ1) is 14.9. The Morgan fingerprint density at radius 1 is 1.10 bits per heavy atom. The molecular weight excluding hydrogens is 474 g/mol. The zero-order chi connectivity index (χ0) is 22.0. The first-order valence-corrected chi connectivity index (χ1v) is 12.0. The third-order valence-electron chi connectivity index (χ3n) is 5.89. The fourth-order valence-electron chi connectivity index (χ4n) is 3.96. The predicted octanol–water partition coefficient (Wildman–Crippen LogP) is 5.83. The Morgan fingerprint density at radius 3 is 2.35 bits per heavy atom. The first-order valence-electron chi connectivity index (χ1n) is 10.3. The topological polar surface area (TPSA) is 71.1 Å². The molecule has 1 heterocycles. The number of rotatable bonds is 6. The molecule has 0 radical (unpaired) electrons. The van der Waals surface area contributed by atoms with Crippen LogP contribution in [0.4, 0.5) is 5.13 Å². The van der Waals surface area contributed by atoms with E-state index in [0.29, 0.717) is 5.13 Å². The summed E-state index contributed by atoms with van der Waals surface area (Å²) in [7, 11) is 0. The predicted molar refractivity (Wildman–Crippen MR) is 128 cm³/mol. The van der Waals surface area contributed by atoms with Crippen molar-refractivity contribution in [2.24, 2.45) is 0 Å². The van der Waals surface area contributed by atoms with Crippen LogP contribution in [0.2, 0.25) is 0 Å². The number of amides is 2. The Bertz CT molecular complexity index is 1090. The molecule has 1 aliphatic carbocycles. The van der Waals surface area contributed by atoms with E-state index in [1.807, 2.05) is 60.8 Å². The average molecular weight is 498 g/mol. The fourth-order valence-corrected chi connectivity index (χ4v) is 4.94. The molecule has 160 valence electrons. The van der Waals surface area contributed by atoms with E-state index < -0.39 is 5.41 Å². The summed E-state index contributed by atoms with van der Waals surface area (Å²) in [6, 6.07) is 15.9. The second kappa shape index (κ2) is 8.93. The molecule has 0 saturated heterocycles. The van der Waals surface area contributed by atoms with Gasteiger partial charge in [0.1, 0.15) is 0 Å². The minimum Gasteiger partial charge on any atom is -0.350 e. The van der Waals surface area contributed by atoms with Crippen molar-refractivity contribution in [3.8, 4) is 11.3 Å². The molecule has 31 heavy (non-hydrogen) atoms. The molecule has 1 aromatic heterocycles. The van der Waals surface area contributed by atoms with Crippen LogP contribution in [0.3, 0.4) is 0 Å². The maximum absolute atomic E-state index is 13.2. The monoisotopic (exact) mass is 497 g/mol. The number of carbonyl (C=O) groups is 2. The average Bonchev–Trinajstić information content (AvgIpc) is 3.16. The molecule has 1 atom stereocenters. The number of benzene rings is 2. The first kappa shape index (κ1) is 21.7. The Labute approximate surface area is 194 Å². The summed E-state index contributed by atoms with van der Waals surface area (Å²) in [4.78, 5) is 29.0. The van der Waals surface area contributed by atoms with E-state index in [-0.39, 0.29) is 17.9 Å². The zero-order valence-corrected chi connectivity index (χ0v) is 19.8. The summed E-state index contributed by atoms with van der Waals surface area (Å²) in [5.41, 5.74) is 3.42. The molecule has 2 amide bonds. The summed E-state index contributed by atoms with van der Waals surface area (Å²) in [6.45, 7) is 3.47. The number of hydrogen-bond acceptors (Lipinski definition) is 4. The van der Waals surface area contributed by atoms with Gasteiger partial charge in [0.25, 0.3) is 0 Å². The van der Waals surface area contributed by atoms with Crippen LogP contribution >= 0.6 is 27.3 Å². The highest BCUT2D eigenvalue weighted by Crippen LogP contribution is 2.45. The van der Waals surface area contributed by atoms with Gasteiger partial charge >= 0.3 is 0 Å². The van der Waals surface area contributed by atoms with Crippen LogP contribution in [0.25, 0.3) is 11.3 Å². The smallest absolute Gasteiger partial charge is 0.236 e. The van der Waals surface area contributed by atoms with E-state index in [1.165, 1.54) is 18.3 Å². The van der Waals surface area contributed by atoms with E-state index in [4.69, 9.17) is 0 Å². The van der Waals surface area contributed by atoms with E-state index in [2.05, 4.69) is 31.5 Å². The maximum Gasteiger partial charge on any atom is 0.236 e. The molecular formula is C24H24BrN3O2S. The molecule has 4 rings (SSSR count). The van der Waals surface area contributed by atoms with Gasteiger partial charge in [-0.1, -0.05) is 58.7 Å². The Morgan fingerprint density at radius 2 is 1.77 bits per heavy atom. The molecule has 1 saturated carbocycles. The van der Waals surface area contributed by atoms with Crippen molar-refractivity contribution in [1.82, 2.24) is 10.3 Å². The Balaban J connectivity index is 1.47. The molecule has 2 N–H and O–H groups in total. The van der Waals surface area contributed by atoms with Crippen molar-refractivity contribution in [3.63, 3.8) is 0 Å². The van der Waals surface area contributed by atoms with E-state index in [9.17, 15) is 9.59 Å². The van der Waals surface area contributed by atoms with Crippen LogP contribution in [0, 0.1) is 0 Å². The van der Waals surface area contributed by atoms with Crippen molar-refractivity contribution in [1.29, 1.82) is 0 Å². The quantitative estimate of drug-likeness (QED) is 0.449. The molecule has 2 aromatic carbocycles. The molecule has 7 heteroatoms. The van der Waals surface area contributed by atoms with E-state index in [1.54, 1.807) is 0 Å². The Kier molecular flexibility index (Phi) is 6.25. The number of halogens is 1. The molecule has 0 bridgehead atoms. The third-order valence-corrected chi connectivity index (χ3v) is 7.18. The number of anilines is 1. The van der Waals surface area contributed by atoms with Crippen LogP contribution in [0.1, 0.15) is 50.3 Å². The summed E-state index contributed by atoms with van der Waals surface area (Å²) in [5, 5.41) is 8.49. The minimum absolute atomic E-state index is 0.0152. The highest BCUT2D eigenvalue weighted by Gasteiger charge is 2.45. The van der Waals surface area contributed by atoms with Gasteiger partial charge in [0.15, 0.2) is 5.13 Å². The largest absolute Gasteiger partial charge is 0.350 e. The SMILES string of the molecule is CC(=O)NC(C)c1ccc(-c2csc(NC(=O)C3(c4ccc(Br)cc4)CCC3)n2)cc1. The lowest BCUT2D eigenvalue weighted by Crippen LogP contribution is -2.45. The fraction of sp³-hybridized carbons (Fsp3) is 0.292. The van der Waals surface area contributed by atoms with Crippen LogP contribution in [-0.4, -0.2) is 16.8 Å². The van der Waals surface area contributed by atoms with Crippen molar-refractivity contribution in [2.75, 3.05) is 5.32 Å². The van der Waals surface area contributed by atoms with Crippen LogP contribution in [-0.2, 0) is 15.0 Å². The summed E-state index contributed by atoms with van der Waals surface area (Å²) < 4.78 is 1.01. The van der Waals surface area contributed by atoms with Gasteiger partial charge in [-0.15, -0.1) is 11.3 Å². The van der Waals surface area contributed by atoms with E-state index >= 15 is 0 Å². The lowest BCUT2D eigenvalue weighted by Gasteiger charge is -2.40. The number of nitrogens with zero attached hydrogens (tertiary/aromatic N) is 1. The molecule has 5 nitrogen and oxygen atoms in total. The second-order valence-electron chi connectivity index (χ2n) is 7.98. The van der Waals surface area contributed by atoms with Gasteiger partial charge in [-0.3, -0.25) is 9.59 Å². The standard InChI is InChI=1S/C24H24BrN3O2S/c1-15(26-16(2)29)17-4-6-18(7-5-17)21-14-31-23(27-21)28-22(30)24(12-3-13-24)19-8-10-20(25)11-9-19/h4-11,14-15H,3,12-13H2,1-2H3,(H,26,29)(H,27,28,30). The van der Waals surface area contributed by atoms with Gasteiger partial charge < -0.3 is 10.6 Å². The van der Waals surface area contributed by atoms with E-state index in [0.717, 1.165) is 46.1 Å². The molecule has 0 spiro atoms. The van der Waals surface area contributed by atoms with Crippen molar-refractivity contribution < 1.29 is 9.59 Å².